The van der Waals surface area contributed by atoms with Gasteiger partial charge in [0.15, 0.2) is 0 Å². The fourth-order valence-corrected chi connectivity index (χ4v) is 3.07. The van der Waals surface area contributed by atoms with Gasteiger partial charge in [0.1, 0.15) is 0 Å². The highest BCUT2D eigenvalue weighted by Gasteiger charge is 2.24. The first-order valence-corrected chi connectivity index (χ1v) is 8.23. The number of carbonyl (C=O) groups is 1. The molecule has 2 rings (SSSR count). The van der Waals surface area contributed by atoms with Gasteiger partial charge in [0.05, 0.1) is 6.04 Å². The summed E-state index contributed by atoms with van der Waals surface area (Å²) in [4.78, 5) is 14.3. The summed E-state index contributed by atoms with van der Waals surface area (Å²) in [6.07, 6.45) is 3.74. The van der Waals surface area contributed by atoms with E-state index in [0.717, 1.165) is 23.7 Å². The Morgan fingerprint density at radius 2 is 1.90 bits per heavy atom. The first-order valence-electron chi connectivity index (χ1n) is 7.85. The summed E-state index contributed by atoms with van der Waals surface area (Å²) in [6.45, 7) is 6.61. The molecule has 0 spiro atoms. The average Bonchev–Trinajstić information content (AvgIpc) is 2.50. The Labute approximate surface area is 132 Å². The molecule has 0 saturated carbocycles. The molecule has 1 amide bonds. The van der Waals surface area contributed by atoms with E-state index in [1.165, 1.54) is 19.3 Å². The van der Waals surface area contributed by atoms with Crippen molar-refractivity contribution in [1.29, 1.82) is 0 Å². The van der Waals surface area contributed by atoms with E-state index in [-0.39, 0.29) is 17.9 Å². The zero-order chi connectivity index (χ0) is 15.2. The molecule has 0 unspecified atom stereocenters. The molecule has 1 fully saturated rings. The average molecular weight is 309 g/mol. The molecule has 1 aliphatic heterocycles. The number of amides is 1. The minimum atomic E-state index is 0.0123. The van der Waals surface area contributed by atoms with Gasteiger partial charge >= 0.3 is 0 Å². The molecule has 1 aromatic rings. The van der Waals surface area contributed by atoms with Crippen molar-refractivity contribution in [2.24, 2.45) is 5.92 Å². The summed E-state index contributed by atoms with van der Waals surface area (Å²) in [5.41, 5.74) is 1.12. The van der Waals surface area contributed by atoms with Gasteiger partial charge in [0, 0.05) is 17.5 Å². The second-order valence-corrected chi connectivity index (χ2v) is 6.44. The van der Waals surface area contributed by atoms with Gasteiger partial charge in [-0.2, -0.15) is 0 Å². The van der Waals surface area contributed by atoms with Crippen LogP contribution in [0.3, 0.4) is 0 Å². The summed E-state index contributed by atoms with van der Waals surface area (Å²) in [5.74, 6) is 0.113. The molecule has 0 aromatic heterocycles. The molecule has 116 valence electrons. The van der Waals surface area contributed by atoms with E-state index in [2.05, 4.69) is 16.3 Å². The molecule has 1 heterocycles. The van der Waals surface area contributed by atoms with E-state index in [1.54, 1.807) is 0 Å². The summed E-state index contributed by atoms with van der Waals surface area (Å²) in [6, 6.07) is 8.14. The molecule has 1 atom stereocenters. The predicted molar refractivity (Wildman–Crippen MR) is 87.5 cm³/mol. The van der Waals surface area contributed by atoms with Gasteiger partial charge < -0.3 is 5.32 Å². The molecule has 1 aromatic carbocycles. The zero-order valence-electron chi connectivity index (χ0n) is 12.9. The van der Waals surface area contributed by atoms with Gasteiger partial charge in [-0.3, -0.25) is 9.69 Å². The topological polar surface area (TPSA) is 32.3 Å². The lowest BCUT2D eigenvalue weighted by Crippen LogP contribution is -2.41. The van der Waals surface area contributed by atoms with E-state index in [1.807, 2.05) is 32.0 Å². The highest BCUT2D eigenvalue weighted by molar-refractivity contribution is 6.31. The van der Waals surface area contributed by atoms with Crippen molar-refractivity contribution in [3.05, 3.63) is 34.9 Å². The number of likely N-dealkylation sites (tertiary alicyclic amines) is 1. The third-order valence-corrected chi connectivity index (χ3v) is 4.43. The van der Waals surface area contributed by atoms with Crippen molar-refractivity contribution in [2.75, 3.05) is 19.6 Å². The molecule has 0 radical (unpaired) electrons. The molecule has 0 aliphatic carbocycles. The van der Waals surface area contributed by atoms with Crippen LogP contribution in [0.5, 0.6) is 0 Å². The molecule has 4 heteroatoms. The Hall–Kier alpha value is -1.06. The van der Waals surface area contributed by atoms with E-state index < -0.39 is 0 Å². The molecule has 0 bridgehead atoms. The number of benzene rings is 1. The van der Waals surface area contributed by atoms with Crippen LogP contribution in [0.15, 0.2) is 24.3 Å². The first-order chi connectivity index (χ1) is 10.1. The SMILES string of the molecule is CC(C)C(=O)NC[C@H](c1ccccc1Cl)N1CCCCC1. The lowest BCUT2D eigenvalue weighted by molar-refractivity contribution is -0.124. The number of hydrogen-bond acceptors (Lipinski definition) is 2. The van der Waals surface area contributed by atoms with E-state index >= 15 is 0 Å². The smallest absolute Gasteiger partial charge is 0.222 e. The monoisotopic (exact) mass is 308 g/mol. The summed E-state index contributed by atoms with van der Waals surface area (Å²) < 4.78 is 0. The Morgan fingerprint density at radius 1 is 1.24 bits per heavy atom. The van der Waals surface area contributed by atoms with Crippen molar-refractivity contribution < 1.29 is 4.79 Å². The maximum Gasteiger partial charge on any atom is 0.222 e. The Bertz CT molecular complexity index is 470. The fraction of sp³-hybridized carbons (Fsp3) is 0.588. The second kappa shape index (κ2) is 7.81. The molecular weight excluding hydrogens is 284 g/mol. The van der Waals surface area contributed by atoms with Crippen LogP contribution in [0.2, 0.25) is 5.02 Å². The van der Waals surface area contributed by atoms with Gasteiger partial charge in [-0.1, -0.05) is 50.1 Å². The van der Waals surface area contributed by atoms with Crippen molar-refractivity contribution in [1.82, 2.24) is 10.2 Å². The van der Waals surface area contributed by atoms with Crippen LogP contribution in [-0.4, -0.2) is 30.4 Å². The number of rotatable bonds is 5. The van der Waals surface area contributed by atoms with Crippen molar-refractivity contribution in [2.45, 2.75) is 39.2 Å². The Balaban J connectivity index is 2.14. The lowest BCUT2D eigenvalue weighted by atomic mass is 10.0. The molecule has 21 heavy (non-hydrogen) atoms. The van der Waals surface area contributed by atoms with Crippen molar-refractivity contribution >= 4 is 17.5 Å². The van der Waals surface area contributed by atoms with Crippen LogP contribution in [0.4, 0.5) is 0 Å². The fourth-order valence-electron chi connectivity index (χ4n) is 2.81. The first kappa shape index (κ1) is 16.3. The second-order valence-electron chi connectivity index (χ2n) is 6.03. The number of halogens is 1. The quantitative estimate of drug-likeness (QED) is 0.900. The van der Waals surface area contributed by atoms with Gasteiger partial charge in [0.25, 0.3) is 0 Å². The largest absolute Gasteiger partial charge is 0.354 e. The summed E-state index contributed by atoms with van der Waals surface area (Å²) >= 11 is 6.38. The van der Waals surface area contributed by atoms with Crippen LogP contribution in [0, 0.1) is 5.92 Å². The van der Waals surface area contributed by atoms with E-state index in [4.69, 9.17) is 11.6 Å². The van der Waals surface area contributed by atoms with Crippen LogP contribution in [-0.2, 0) is 4.79 Å². The highest BCUT2D eigenvalue weighted by Crippen LogP contribution is 2.29. The Kier molecular flexibility index (Phi) is 6.07. The predicted octanol–water partition coefficient (Wildman–Crippen LogP) is 3.64. The number of hydrogen-bond donors (Lipinski definition) is 1. The number of piperidine rings is 1. The summed E-state index contributed by atoms with van der Waals surface area (Å²) in [5, 5.41) is 3.85. The van der Waals surface area contributed by atoms with E-state index in [9.17, 15) is 4.79 Å². The standard InChI is InChI=1S/C17H25ClN2O/c1-13(2)17(21)19-12-16(20-10-6-3-7-11-20)14-8-4-5-9-15(14)18/h4-5,8-9,13,16H,3,6-7,10-12H2,1-2H3,(H,19,21)/t16-/m1/s1. The zero-order valence-corrected chi connectivity index (χ0v) is 13.7. The molecule has 1 N–H and O–H groups in total. The number of carbonyl (C=O) groups excluding carboxylic acids is 1. The maximum absolute atomic E-state index is 11.9. The minimum absolute atomic E-state index is 0.0123. The number of nitrogens with zero attached hydrogens (tertiary/aromatic N) is 1. The highest BCUT2D eigenvalue weighted by atomic mass is 35.5. The molecular formula is C17H25ClN2O. The molecule has 3 nitrogen and oxygen atoms in total. The molecule has 1 saturated heterocycles. The normalized spacial score (nSPS) is 17.7. The van der Waals surface area contributed by atoms with Crippen LogP contribution < -0.4 is 5.32 Å². The van der Waals surface area contributed by atoms with Gasteiger partial charge in [-0.15, -0.1) is 0 Å². The van der Waals surface area contributed by atoms with E-state index in [0.29, 0.717) is 6.54 Å². The summed E-state index contributed by atoms with van der Waals surface area (Å²) in [7, 11) is 0. The third kappa shape index (κ3) is 4.45. The van der Waals surface area contributed by atoms with Crippen molar-refractivity contribution in [3.8, 4) is 0 Å². The third-order valence-electron chi connectivity index (χ3n) is 4.09. The number of nitrogens with one attached hydrogen (secondary N) is 1. The van der Waals surface area contributed by atoms with Gasteiger partial charge in [0.2, 0.25) is 5.91 Å². The molecule has 1 aliphatic rings. The van der Waals surface area contributed by atoms with Crippen LogP contribution >= 0.6 is 11.6 Å². The maximum atomic E-state index is 11.9. The van der Waals surface area contributed by atoms with Gasteiger partial charge in [-0.05, 0) is 37.6 Å². The van der Waals surface area contributed by atoms with Crippen LogP contribution in [0.25, 0.3) is 0 Å². The Morgan fingerprint density at radius 3 is 2.52 bits per heavy atom. The van der Waals surface area contributed by atoms with Crippen molar-refractivity contribution in [3.63, 3.8) is 0 Å². The minimum Gasteiger partial charge on any atom is -0.354 e. The lowest BCUT2D eigenvalue weighted by Gasteiger charge is -2.35. The van der Waals surface area contributed by atoms with Gasteiger partial charge in [-0.25, -0.2) is 0 Å². The van der Waals surface area contributed by atoms with Crippen LogP contribution in [0.1, 0.15) is 44.7 Å².